The molecule has 1 aliphatic rings. The highest BCUT2D eigenvalue weighted by Crippen LogP contribution is 2.32. The van der Waals surface area contributed by atoms with Crippen molar-refractivity contribution in [2.45, 2.75) is 6.92 Å². The molecule has 6 nitrogen and oxygen atoms in total. The molecule has 1 saturated heterocycles. The summed E-state index contributed by atoms with van der Waals surface area (Å²) < 4.78 is 0. The molecule has 3 amide bonds. The smallest absolute Gasteiger partial charge is 0.294 e. The van der Waals surface area contributed by atoms with Crippen molar-refractivity contribution in [3.05, 3.63) is 38.4 Å². The molecule has 0 aromatic carbocycles. The van der Waals surface area contributed by atoms with Crippen molar-refractivity contribution in [1.29, 1.82) is 0 Å². The third-order valence-electron chi connectivity index (χ3n) is 2.86. The first-order chi connectivity index (χ1) is 11.0. The van der Waals surface area contributed by atoms with Crippen molar-refractivity contribution in [1.82, 2.24) is 9.88 Å². The summed E-state index contributed by atoms with van der Waals surface area (Å²) in [5, 5.41) is 4.49. The third-order valence-corrected chi connectivity index (χ3v) is 5.41. The number of aromatic nitrogens is 1. The number of carbonyl (C=O) groups excluding carboxylic acids is 3. The van der Waals surface area contributed by atoms with E-state index in [1.165, 1.54) is 22.7 Å². The van der Waals surface area contributed by atoms with Crippen LogP contribution in [0, 0.1) is 6.92 Å². The Morgan fingerprint density at radius 2 is 2.26 bits per heavy atom. The Hall–Kier alpha value is -1.97. The summed E-state index contributed by atoms with van der Waals surface area (Å²) in [7, 11) is 0. The Kier molecular flexibility index (Phi) is 4.60. The van der Waals surface area contributed by atoms with Crippen LogP contribution in [-0.2, 0) is 9.59 Å². The molecule has 0 aliphatic carbocycles. The number of thiophene rings is 1. The van der Waals surface area contributed by atoms with Gasteiger partial charge in [0.2, 0.25) is 5.91 Å². The number of carbonyl (C=O) groups is 3. The second-order valence-electron chi connectivity index (χ2n) is 4.61. The lowest BCUT2D eigenvalue weighted by molar-refractivity contribution is -0.127. The van der Waals surface area contributed by atoms with E-state index in [1.54, 1.807) is 12.3 Å². The molecule has 2 aromatic heterocycles. The number of nitrogens with one attached hydrogen (secondary N) is 1. The molecular formula is C14H11N3O3S3. The highest BCUT2D eigenvalue weighted by molar-refractivity contribution is 8.18. The van der Waals surface area contributed by atoms with E-state index >= 15 is 0 Å². The minimum Gasteiger partial charge on any atom is -0.300 e. The van der Waals surface area contributed by atoms with Crippen molar-refractivity contribution < 1.29 is 14.4 Å². The number of rotatable bonds is 4. The highest BCUT2D eigenvalue weighted by atomic mass is 32.2. The molecule has 0 saturated carbocycles. The minimum absolute atomic E-state index is 0.314. The van der Waals surface area contributed by atoms with Gasteiger partial charge in [-0.3, -0.25) is 19.3 Å². The molecule has 9 heteroatoms. The standard InChI is InChI=1S/C14H11N3O3S3/c1-8-6-15-13(22-8)16-11(18)7-17-12(19)10(23-14(17)20)5-9-3-2-4-21-9/h2-6H,7H2,1H3,(H,15,16,18). The van der Waals surface area contributed by atoms with Crippen LogP contribution < -0.4 is 5.32 Å². The van der Waals surface area contributed by atoms with E-state index in [0.717, 1.165) is 26.4 Å². The number of aryl methyl sites for hydroxylation is 1. The van der Waals surface area contributed by atoms with Crippen LogP contribution in [0.15, 0.2) is 28.6 Å². The van der Waals surface area contributed by atoms with Crippen molar-refractivity contribution in [2.75, 3.05) is 11.9 Å². The van der Waals surface area contributed by atoms with Gasteiger partial charge in [0.15, 0.2) is 5.13 Å². The molecule has 0 spiro atoms. The van der Waals surface area contributed by atoms with Gasteiger partial charge < -0.3 is 5.32 Å². The molecule has 3 rings (SSSR count). The molecule has 0 atom stereocenters. The van der Waals surface area contributed by atoms with Crippen LogP contribution in [0.4, 0.5) is 9.93 Å². The van der Waals surface area contributed by atoms with Gasteiger partial charge in [-0.15, -0.1) is 22.7 Å². The average molecular weight is 365 g/mol. The maximum Gasteiger partial charge on any atom is 0.294 e. The number of thioether (sulfide) groups is 1. The normalized spacial score (nSPS) is 16.4. The summed E-state index contributed by atoms with van der Waals surface area (Å²) in [6.45, 7) is 1.56. The fourth-order valence-corrected chi connectivity index (χ4v) is 4.10. The van der Waals surface area contributed by atoms with Gasteiger partial charge in [0, 0.05) is 16.0 Å². The minimum atomic E-state index is -0.445. The molecule has 1 aliphatic heterocycles. The lowest BCUT2D eigenvalue weighted by Crippen LogP contribution is -2.36. The first-order valence-corrected chi connectivity index (χ1v) is 9.05. The van der Waals surface area contributed by atoms with Gasteiger partial charge in [0.1, 0.15) is 6.54 Å². The Labute approximate surface area is 144 Å². The lowest BCUT2D eigenvalue weighted by Gasteiger charge is -2.11. The number of anilines is 1. The van der Waals surface area contributed by atoms with Gasteiger partial charge in [-0.2, -0.15) is 0 Å². The van der Waals surface area contributed by atoms with Crippen LogP contribution >= 0.6 is 34.4 Å². The SMILES string of the molecule is Cc1cnc(NC(=O)CN2C(=O)SC(=Cc3cccs3)C2=O)s1. The molecule has 0 bridgehead atoms. The molecule has 1 fully saturated rings. The van der Waals surface area contributed by atoms with E-state index < -0.39 is 17.1 Å². The van der Waals surface area contributed by atoms with Gasteiger partial charge in [-0.1, -0.05) is 6.07 Å². The maximum absolute atomic E-state index is 12.3. The van der Waals surface area contributed by atoms with Gasteiger partial charge >= 0.3 is 0 Å². The first-order valence-electron chi connectivity index (χ1n) is 6.54. The van der Waals surface area contributed by atoms with Crippen molar-refractivity contribution in [3.8, 4) is 0 Å². The zero-order valence-electron chi connectivity index (χ0n) is 11.9. The summed E-state index contributed by atoms with van der Waals surface area (Å²) in [5.41, 5.74) is 0. The van der Waals surface area contributed by atoms with Gasteiger partial charge in [-0.25, -0.2) is 4.98 Å². The van der Waals surface area contributed by atoms with Crippen molar-refractivity contribution >= 4 is 62.7 Å². The van der Waals surface area contributed by atoms with Crippen molar-refractivity contribution in [2.24, 2.45) is 0 Å². The van der Waals surface area contributed by atoms with E-state index in [9.17, 15) is 14.4 Å². The number of nitrogens with zero attached hydrogens (tertiary/aromatic N) is 2. The second-order valence-corrected chi connectivity index (χ2v) is 7.81. The molecule has 3 heterocycles. The predicted octanol–water partition coefficient (Wildman–Crippen LogP) is 3.19. The quantitative estimate of drug-likeness (QED) is 0.842. The summed E-state index contributed by atoms with van der Waals surface area (Å²) in [6.07, 6.45) is 3.31. The Balaban J connectivity index is 1.67. The number of imide groups is 1. The molecular weight excluding hydrogens is 354 g/mol. The molecule has 118 valence electrons. The predicted molar refractivity (Wildman–Crippen MR) is 92.5 cm³/mol. The number of hydrogen-bond acceptors (Lipinski definition) is 7. The fraction of sp³-hybridized carbons (Fsp3) is 0.143. The first kappa shape index (κ1) is 15.9. The second kappa shape index (κ2) is 6.65. The zero-order valence-corrected chi connectivity index (χ0v) is 14.4. The largest absolute Gasteiger partial charge is 0.300 e. The summed E-state index contributed by atoms with van der Waals surface area (Å²) in [5.74, 6) is -0.891. The van der Waals surface area contributed by atoms with Gasteiger partial charge in [-0.05, 0) is 36.2 Å². The molecule has 23 heavy (non-hydrogen) atoms. The maximum atomic E-state index is 12.3. The molecule has 1 N–H and O–H groups in total. The third kappa shape index (κ3) is 3.69. The van der Waals surface area contributed by atoms with E-state index in [4.69, 9.17) is 0 Å². The van der Waals surface area contributed by atoms with Gasteiger partial charge in [0.05, 0.1) is 4.91 Å². The van der Waals surface area contributed by atoms with Crippen LogP contribution in [0.2, 0.25) is 0 Å². The number of thiazole rings is 1. The van der Waals surface area contributed by atoms with E-state index in [2.05, 4.69) is 10.3 Å². The Bertz CT molecular complexity index is 795. The summed E-state index contributed by atoms with van der Waals surface area (Å²) in [4.78, 5) is 43.3. The Morgan fingerprint density at radius 3 is 2.91 bits per heavy atom. The van der Waals surface area contributed by atoms with E-state index in [-0.39, 0.29) is 6.54 Å². The van der Waals surface area contributed by atoms with Gasteiger partial charge in [0.25, 0.3) is 11.1 Å². The monoisotopic (exact) mass is 365 g/mol. The van der Waals surface area contributed by atoms with E-state index in [0.29, 0.717) is 10.0 Å². The summed E-state index contributed by atoms with van der Waals surface area (Å²) in [6, 6.07) is 3.72. The molecule has 0 unspecified atom stereocenters. The lowest BCUT2D eigenvalue weighted by atomic mass is 10.3. The van der Waals surface area contributed by atoms with Crippen LogP contribution in [0.5, 0.6) is 0 Å². The van der Waals surface area contributed by atoms with Crippen LogP contribution in [0.3, 0.4) is 0 Å². The fourth-order valence-electron chi connectivity index (χ4n) is 1.85. The molecule has 0 radical (unpaired) electrons. The summed E-state index contributed by atoms with van der Waals surface area (Å²) >= 11 is 3.65. The number of hydrogen-bond donors (Lipinski definition) is 1. The van der Waals surface area contributed by atoms with Crippen molar-refractivity contribution in [3.63, 3.8) is 0 Å². The van der Waals surface area contributed by atoms with Crippen LogP contribution in [-0.4, -0.2) is 33.5 Å². The highest BCUT2D eigenvalue weighted by Gasteiger charge is 2.36. The zero-order chi connectivity index (χ0) is 16.4. The Morgan fingerprint density at radius 1 is 1.43 bits per heavy atom. The molecule has 2 aromatic rings. The number of amides is 3. The van der Waals surface area contributed by atoms with Crippen LogP contribution in [0.25, 0.3) is 6.08 Å². The topological polar surface area (TPSA) is 79.4 Å². The average Bonchev–Trinajstić information content (AvgIpc) is 3.19. The van der Waals surface area contributed by atoms with Crippen LogP contribution in [0.1, 0.15) is 9.75 Å². The van der Waals surface area contributed by atoms with E-state index in [1.807, 2.05) is 24.4 Å².